The summed E-state index contributed by atoms with van der Waals surface area (Å²) in [6, 6.07) is 1.75. The molecule has 0 saturated heterocycles. The van der Waals surface area contributed by atoms with E-state index in [-0.39, 0.29) is 17.2 Å². The van der Waals surface area contributed by atoms with Gasteiger partial charge in [0.2, 0.25) is 0 Å². The summed E-state index contributed by atoms with van der Waals surface area (Å²) >= 11 is 0. The first-order valence-corrected chi connectivity index (χ1v) is 8.38. The SMILES string of the molecule is CC(C)(N)[C@@H](Nc1cc(C(F)(F)F)nc2ncnn12)c1ccc(C(F)(F)F)c(F)c1. The Balaban J connectivity index is 2.10. The van der Waals surface area contributed by atoms with Crippen molar-refractivity contribution in [2.75, 3.05) is 5.32 Å². The Labute approximate surface area is 164 Å². The number of rotatable bonds is 4. The standard InChI is InChI=1S/C17H15F7N6/c1-15(2,25)13(8-3-4-9(10(18)5-8)16(19,20)21)29-12-6-11(17(22,23)24)28-14-26-7-27-30(12)14/h3-7,13,29H,25H2,1-2H3/t13-/m0/s1. The number of nitrogens with zero attached hydrogens (tertiary/aromatic N) is 4. The van der Waals surface area contributed by atoms with Gasteiger partial charge in [0.25, 0.3) is 5.78 Å². The van der Waals surface area contributed by atoms with Crippen LogP contribution in [0, 0.1) is 5.82 Å². The molecule has 0 fully saturated rings. The fourth-order valence-corrected chi connectivity index (χ4v) is 2.85. The lowest BCUT2D eigenvalue weighted by Gasteiger charge is -2.33. The molecule has 1 aromatic carbocycles. The highest BCUT2D eigenvalue weighted by atomic mass is 19.4. The fourth-order valence-electron chi connectivity index (χ4n) is 2.85. The van der Waals surface area contributed by atoms with Crippen LogP contribution in [0.1, 0.15) is 36.7 Å². The predicted molar refractivity (Wildman–Crippen MR) is 91.8 cm³/mol. The van der Waals surface area contributed by atoms with Crippen molar-refractivity contribution >= 4 is 11.6 Å². The molecule has 0 saturated carbocycles. The Morgan fingerprint density at radius 1 is 1.03 bits per heavy atom. The van der Waals surface area contributed by atoms with Gasteiger partial charge in [0.15, 0.2) is 5.69 Å². The Kier molecular flexibility index (Phi) is 5.13. The topological polar surface area (TPSA) is 81.1 Å². The van der Waals surface area contributed by atoms with Gasteiger partial charge in [-0.15, -0.1) is 0 Å². The third-order valence-electron chi connectivity index (χ3n) is 4.21. The zero-order chi connectivity index (χ0) is 22.5. The molecule has 0 unspecified atom stereocenters. The minimum Gasteiger partial charge on any atom is -0.361 e. The first kappa shape index (κ1) is 21.7. The van der Waals surface area contributed by atoms with E-state index in [1.54, 1.807) is 0 Å². The van der Waals surface area contributed by atoms with Gasteiger partial charge < -0.3 is 11.1 Å². The molecular formula is C17H15F7N6. The largest absolute Gasteiger partial charge is 0.433 e. The van der Waals surface area contributed by atoms with Crippen molar-refractivity contribution in [3.63, 3.8) is 0 Å². The van der Waals surface area contributed by atoms with E-state index in [2.05, 4.69) is 20.4 Å². The van der Waals surface area contributed by atoms with E-state index in [1.807, 2.05) is 0 Å². The minimum atomic E-state index is -4.90. The van der Waals surface area contributed by atoms with Crippen LogP contribution in [-0.2, 0) is 12.4 Å². The number of hydrogen-bond donors (Lipinski definition) is 2. The molecule has 0 bridgehead atoms. The van der Waals surface area contributed by atoms with Crippen LogP contribution in [0.3, 0.4) is 0 Å². The molecule has 0 aliphatic carbocycles. The van der Waals surface area contributed by atoms with Crippen molar-refractivity contribution in [1.82, 2.24) is 19.6 Å². The van der Waals surface area contributed by atoms with Crippen LogP contribution in [0.4, 0.5) is 36.6 Å². The van der Waals surface area contributed by atoms with Crippen LogP contribution in [-0.4, -0.2) is 25.1 Å². The van der Waals surface area contributed by atoms with E-state index >= 15 is 0 Å². The van der Waals surface area contributed by atoms with E-state index in [9.17, 15) is 30.7 Å². The Morgan fingerprint density at radius 2 is 1.70 bits per heavy atom. The van der Waals surface area contributed by atoms with E-state index in [1.165, 1.54) is 13.8 Å². The monoisotopic (exact) mass is 436 g/mol. The maximum absolute atomic E-state index is 14.1. The fraction of sp³-hybridized carbons (Fsp3) is 0.353. The Hall–Kier alpha value is -2.96. The molecular weight excluding hydrogens is 421 g/mol. The zero-order valence-electron chi connectivity index (χ0n) is 15.5. The quantitative estimate of drug-likeness (QED) is 0.600. The molecule has 3 rings (SSSR count). The molecule has 0 aliphatic rings. The van der Waals surface area contributed by atoms with Gasteiger partial charge in [-0.3, -0.25) is 0 Å². The van der Waals surface area contributed by atoms with Gasteiger partial charge in [-0.1, -0.05) is 6.07 Å². The Bertz CT molecular complexity index is 1070. The second-order valence-corrected chi connectivity index (χ2v) is 7.13. The van der Waals surface area contributed by atoms with Crippen molar-refractivity contribution in [2.45, 2.75) is 37.8 Å². The molecule has 2 heterocycles. The summed E-state index contributed by atoms with van der Waals surface area (Å²) in [6.07, 6.45) is -8.71. The molecule has 3 aromatic rings. The number of alkyl halides is 6. The van der Waals surface area contributed by atoms with Crippen LogP contribution in [0.15, 0.2) is 30.6 Å². The van der Waals surface area contributed by atoms with Crippen LogP contribution >= 0.6 is 0 Å². The number of benzene rings is 1. The number of halogens is 7. The van der Waals surface area contributed by atoms with Gasteiger partial charge >= 0.3 is 12.4 Å². The van der Waals surface area contributed by atoms with Crippen LogP contribution in [0.25, 0.3) is 5.78 Å². The minimum absolute atomic E-state index is 0.00774. The molecule has 162 valence electrons. The summed E-state index contributed by atoms with van der Waals surface area (Å²) in [7, 11) is 0. The number of hydrogen-bond acceptors (Lipinski definition) is 5. The highest BCUT2D eigenvalue weighted by molar-refractivity contribution is 5.48. The molecule has 1 atom stereocenters. The third-order valence-corrected chi connectivity index (χ3v) is 4.21. The van der Waals surface area contributed by atoms with Gasteiger partial charge in [-0.25, -0.2) is 9.37 Å². The second kappa shape index (κ2) is 7.07. The number of nitrogens with two attached hydrogens (primary N) is 1. The Morgan fingerprint density at radius 3 is 2.23 bits per heavy atom. The molecule has 13 heteroatoms. The summed E-state index contributed by atoms with van der Waals surface area (Å²) in [5, 5.41) is 6.49. The van der Waals surface area contributed by atoms with E-state index in [4.69, 9.17) is 5.73 Å². The van der Waals surface area contributed by atoms with Crippen molar-refractivity contribution in [1.29, 1.82) is 0 Å². The lowest BCUT2D eigenvalue weighted by molar-refractivity contribution is -0.141. The van der Waals surface area contributed by atoms with Crippen molar-refractivity contribution < 1.29 is 30.7 Å². The molecule has 0 radical (unpaired) electrons. The zero-order valence-corrected chi connectivity index (χ0v) is 15.5. The van der Waals surface area contributed by atoms with Crippen LogP contribution in [0.5, 0.6) is 0 Å². The smallest absolute Gasteiger partial charge is 0.361 e. The van der Waals surface area contributed by atoms with Gasteiger partial charge in [-0.05, 0) is 31.5 Å². The van der Waals surface area contributed by atoms with Gasteiger partial charge in [-0.2, -0.15) is 40.9 Å². The number of fused-ring (bicyclic) bond motifs is 1. The van der Waals surface area contributed by atoms with E-state index < -0.39 is 41.0 Å². The number of nitrogens with one attached hydrogen (secondary N) is 1. The molecule has 0 aliphatic heterocycles. The number of aromatic nitrogens is 4. The molecule has 2 aromatic heterocycles. The highest BCUT2D eigenvalue weighted by Gasteiger charge is 2.37. The molecule has 30 heavy (non-hydrogen) atoms. The third kappa shape index (κ3) is 4.30. The maximum Gasteiger partial charge on any atom is 0.433 e. The molecule has 0 spiro atoms. The summed E-state index contributed by atoms with van der Waals surface area (Å²) < 4.78 is 93.1. The molecule has 0 amide bonds. The average molecular weight is 436 g/mol. The average Bonchev–Trinajstić information content (AvgIpc) is 3.05. The predicted octanol–water partition coefficient (Wildman–Crippen LogP) is 4.19. The van der Waals surface area contributed by atoms with Crippen molar-refractivity contribution in [3.05, 3.63) is 53.2 Å². The normalized spacial score (nSPS) is 14.2. The van der Waals surface area contributed by atoms with Crippen LogP contribution in [0.2, 0.25) is 0 Å². The highest BCUT2D eigenvalue weighted by Crippen LogP contribution is 2.36. The van der Waals surface area contributed by atoms with E-state index in [0.29, 0.717) is 18.2 Å². The summed E-state index contributed by atoms with van der Waals surface area (Å²) in [5.41, 5.74) is 2.11. The van der Waals surface area contributed by atoms with E-state index in [0.717, 1.165) is 16.9 Å². The molecule has 3 N–H and O–H groups in total. The number of anilines is 1. The summed E-state index contributed by atoms with van der Waals surface area (Å²) in [5.74, 6) is -2.12. The van der Waals surface area contributed by atoms with Crippen LogP contribution < -0.4 is 11.1 Å². The lowest BCUT2D eigenvalue weighted by Crippen LogP contribution is -2.43. The lowest BCUT2D eigenvalue weighted by atomic mass is 9.89. The first-order chi connectivity index (χ1) is 13.7. The summed E-state index contributed by atoms with van der Waals surface area (Å²) in [4.78, 5) is 7.00. The van der Waals surface area contributed by atoms with Crippen molar-refractivity contribution in [3.8, 4) is 0 Å². The van der Waals surface area contributed by atoms with Gasteiger partial charge in [0, 0.05) is 11.6 Å². The maximum atomic E-state index is 14.1. The molecule has 6 nitrogen and oxygen atoms in total. The van der Waals surface area contributed by atoms with Gasteiger partial charge in [0.05, 0.1) is 11.6 Å². The van der Waals surface area contributed by atoms with Crippen molar-refractivity contribution in [2.24, 2.45) is 5.73 Å². The summed E-state index contributed by atoms with van der Waals surface area (Å²) in [6.45, 7) is 2.95. The second-order valence-electron chi connectivity index (χ2n) is 7.13. The van der Waals surface area contributed by atoms with Gasteiger partial charge in [0.1, 0.15) is 18.0 Å². The first-order valence-electron chi connectivity index (χ1n) is 8.38.